The Bertz CT molecular complexity index is 1030. The van der Waals surface area contributed by atoms with Gasteiger partial charge in [0.2, 0.25) is 0 Å². The van der Waals surface area contributed by atoms with Gasteiger partial charge in [0.25, 0.3) is 0 Å². The van der Waals surface area contributed by atoms with Crippen LogP contribution in [-0.2, 0) is 19.1 Å². The van der Waals surface area contributed by atoms with Gasteiger partial charge in [-0.2, -0.15) is 24.5 Å². The number of benzene rings is 2. The van der Waals surface area contributed by atoms with Gasteiger partial charge in [0.1, 0.15) is 5.75 Å². The first kappa shape index (κ1) is 29.5. The number of rotatable bonds is 12. The molecule has 35 heavy (non-hydrogen) atoms. The van der Waals surface area contributed by atoms with Crippen molar-refractivity contribution in [1.82, 2.24) is 4.90 Å². The predicted octanol–water partition coefficient (Wildman–Crippen LogP) is 7.45. The molecule has 0 aliphatic heterocycles. The third kappa shape index (κ3) is 8.99. The first-order valence-electron chi connectivity index (χ1n) is 11.2. The summed E-state index contributed by atoms with van der Waals surface area (Å²) in [4.78, 5) is 2.13. The topological polar surface area (TPSA) is 32.7 Å². The second-order valence-electron chi connectivity index (χ2n) is 8.29. The van der Waals surface area contributed by atoms with E-state index in [1.54, 1.807) is 17.4 Å². The molecular formula is C26H30Cl2F3NO2S. The summed E-state index contributed by atoms with van der Waals surface area (Å²) in [7, 11) is 0. The maximum absolute atomic E-state index is 13.3. The Labute approximate surface area is 219 Å². The van der Waals surface area contributed by atoms with Crippen LogP contribution in [0.2, 0.25) is 5.02 Å². The summed E-state index contributed by atoms with van der Waals surface area (Å²) in [5.74, 6) is 0.969. The third-order valence-corrected chi connectivity index (χ3v) is 6.76. The number of nitrogens with zero attached hydrogens (tertiary/aromatic N) is 1. The monoisotopic (exact) mass is 547 g/mol. The Morgan fingerprint density at radius 2 is 1.91 bits per heavy atom. The van der Waals surface area contributed by atoms with Gasteiger partial charge < -0.3 is 9.84 Å². The number of thiophene rings is 1. The Hall–Kier alpha value is -1.77. The van der Waals surface area contributed by atoms with Gasteiger partial charge in [-0.15, -0.1) is 12.4 Å². The number of ether oxygens (including phenoxy) is 1. The van der Waals surface area contributed by atoms with Crippen LogP contribution in [0.4, 0.5) is 13.2 Å². The molecule has 1 aromatic heterocycles. The van der Waals surface area contributed by atoms with Gasteiger partial charge in [-0.3, -0.25) is 4.90 Å². The van der Waals surface area contributed by atoms with Crippen LogP contribution in [0.3, 0.4) is 0 Å². The largest absolute Gasteiger partial charge is 0.494 e. The summed E-state index contributed by atoms with van der Waals surface area (Å²) >= 11 is 7.80. The minimum absolute atomic E-state index is 0. The van der Waals surface area contributed by atoms with E-state index in [-0.39, 0.29) is 30.0 Å². The minimum Gasteiger partial charge on any atom is -0.494 e. The van der Waals surface area contributed by atoms with E-state index in [0.717, 1.165) is 17.4 Å². The molecule has 9 heteroatoms. The van der Waals surface area contributed by atoms with Crippen LogP contribution in [0.5, 0.6) is 5.75 Å². The SMILES string of the molecule is CC(CN(CCCOc1cccc(CCO)c1)Cc1cccc(C(F)(F)F)c1Cl)c1ccsc1.Cl. The molecule has 0 bridgehead atoms. The fraction of sp³-hybridized carbons (Fsp3) is 0.385. The van der Waals surface area contributed by atoms with E-state index in [9.17, 15) is 13.2 Å². The van der Waals surface area contributed by atoms with Gasteiger partial charge in [-0.25, -0.2) is 0 Å². The van der Waals surface area contributed by atoms with Crippen molar-refractivity contribution in [2.24, 2.45) is 0 Å². The van der Waals surface area contributed by atoms with Gasteiger partial charge >= 0.3 is 6.18 Å². The molecule has 3 rings (SSSR count). The molecule has 192 valence electrons. The molecule has 1 unspecified atom stereocenters. The molecule has 3 aromatic rings. The van der Waals surface area contributed by atoms with Crippen molar-refractivity contribution in [3.05, 3.63) is 86.6 Å². The second-order valence-corrected chi connectivity index (χ2v) is 9.45. The van der Waals surface area contributed by atoms with Crippen molar-refractivity contribution in [3.8, 4) is 5.75 Å². The molecule has 2 aromatic carbocycles. The highest BCUT2D eigenvalue weighted by Gasteiger charge is 2.34. The van der Waals surface area contributed by atoms with Crippen LogP contribution in [0.1, 0.15) is 41.5 Å². The van der Waals surface area contributed by atoms with Crippen molar-refractivity contribution >= 4 is 35.3 Å². The fourth-order valence-electron chi connectivity index (χ4n) is 3.84. The summed E-state index contributed by atoms with van der Waals surface area (Å²) in [5.41, 5.74) is 1.88. The Balaban J connectivity index is 0.00000432. The van der Waals surface area contributed by atoms with E-state index in [4.69, 9.17) is 21.4 Å². The lowest BCUT2D eigenvalue weighted by Crippen LogP contribution is -2.29. The number of hydrogen-bond donors (Lipinski definition) is 1. The quantitative estimate of drug-likeness (QED) is 0.239. The highest BCUT2D eigenvalue weighted by molar-refractivity contribution is 7.08. The zero-order valence-electron chi connectivity index (χ0n) is 19.4. The normalized spacial score (nSPS) is 12.4. The zero-order chi connectivity index (χ0) is 24.6. The molecule has 0 fully saturated rings. The molecule has 0 amide bonds. The molecule has 3 nitrogen and oxygen atoms in total. The summed E-state index contributed by atoms with van der Waals surface area (Å²) in [5, 5.41) is 13.0. The van der Waals surface area contributed by atoms with E-state index in [2.05, 4.69) is 23.3 Å². The van der Waals surface area contributed by atoms with Crippen molar-refractivity contribution in [3.63, 3.8) is 0 Å². The fourth-order valence-corrected chi connectivity index (χ4v) is 4.92. The lowest BCUT2D eigenvalue weighted by molar-refractivity contribution is -0.137. The van der Waals surface area contributed by atoms with E-state index >= 15 is 0 Å². The average molecular weight is 548 g/mol. The van der Waals surface area contributed by atoms with Gasteiger partial charge in [-0.1, -0.05) is 42.8 Å². The third-order valence-electron chi connectivity index (χ3n) is 5.61. The van der Waals surface area contributed by atoms with Crippen molar-refractivity contribution in [1.29, 1.82) is 0 Å². The van der Waals surface area contributed by atoms with Gasteiger partial charge in [0.15, 0.2) is 0 Å². The first-order valence-corrected chi connectivity index (χ1v) is 12.5. The minimum atomic E-state index is -4.49. The lowest BCUT2D eigenvalue weighted by Gasteiger charge is -2.26. The average Bonchev–Trinajstić information content (AvgIpc) is 3.33. The molecule has 1 atom stereocenters. The standard InChI is InChI=1S/C26H29ClF3NO2S.ClH/c1-19(22-10-14-34-18-22)16-31(17-21-6-3-8-24(25(21)27)26(28,29)30)11-4-13-33-23-7-2-5-20(15-23)9-12-32;/h2-3,5-8,10,14-15,18-19,32H,4,9,11-13,16-17H2,1H3;1H. The predicted molar refractivity (Wildman–Crippen MR) is 139 cm³/mol. The highest BCUT2D eigenvalue weighted by Crippen LogP contribution is 2.36. The number of alkyl halides is 3. The van der Waals surface area contributed by atoms with Crippen LogP contribution in [0.15, 0.2) is 59.3 Å². The lowest BCUT2D eigenvalue weighted by atomic mass is 10.0. The van der Waals surface area contributed by atoms with Gasteiger partial charge in [0, 0.05) is 26.2 Å². The summed E-state index contributed by atoms with van der Waals surface area (Å²) in [6, 6.07) is 13.8. The van der Waals surface area contributed by atoms with E-state index in [1.165, 1.54) is 11.6 Å². The maximum Gasteiger partial charge on any atom is 0.417 e. The molecule has 0 spiro atoms. The second kappa shape index (κ2) is 14.1. The van der Waals surface area contributed by atoms with Crippen LogP contribution in [0, 0.1) is 0 Å². The van der Waals surface area contributed by atoms with Crippen LogP contribution >= 0.6 is 35.3 Å². The molecule has 0 saturated heterocycles. The van der Waals surface area contributed by atoms with E-state index in [1.807, 2.05) is 29.6 Å². The van der Waals surface area contributed by atoms with Crippen molar-refractivity contribution in [2.75, 3.05) is 26.3 Å². The molecule has 1 N–H and O–H groups in total. The zero-order valence-corrected chi connectivity index (χ0v) is 21.8. The Morgan fingerprint density at radius 3 is 2.60 bits per heavy atom. The number of hydrogen-bond acceptors (Lipinski definition) is 4. The number of aliphatic hydroxyl groups is 1. The Kier molecular flexibility index (Phi) is 11.9. The first-order chi connectivity index (χ1) is 16.3. The summed E-state index contributed by atoms with van der Waals surface area (Å²) in [6.07, 6.45) is -3.21. The van der Waals surface area contributed by atoms with Crippen LogP contribution in [-0.4, -0.2) is 36.3 Å². The molecule has 0 saturated carbocycles. The number of halogens is 5. The highest BCUT2D eigenvalue weighted by atomic mass is 35.5. The van der Waals surface area contributed by atoms with Crippen LogP contribution < -0.4 is 4.74 Å². The summed E-state index contributed by atoms with van der Waals surface area (Å²) in [6.45, 7) is 4.34. The number of aliphatic hydroxyl groups excluding tert-OH is 1. The van der Waals surface area contributed by atoms with E-state index < -0.39 is 11.7 Å². The Morgan fingerprint density at radius 1 is 1.14 bits per heavy atom. The smallest absolute Gasteiger partial charge is 0.417 e. The molecule has 0 aliphatic rings. The summed E-state index contributed by atoms with van der Waals surface area (Å²) < 4.78 is 45.8. The maximum atomic E-state index is 13.3. The molecule has 0 aliphatic carbocycles. The molecule has 1 heterocycles. The van der Waals surface area contributed by atoms with Gasteiger partial charge in [-0.05, 0) is 70.5 Å². The van der Waals surface area contributed by atoms with E-state index in [0.29, 0.717) is 44.6 Å². The molecule has 0 radical (unpaired) electrons. The van der Waals surface area contributed by atoms with Crippen molar-refractivity contribution in [2.45, 2.75) is 38.4 Å². The molecular weight excluding hydrogens is 518 g/mol. The van der Waals surface area contributed by atoms with Crippen molar-refractivity contribution < 1.29 is 23.0 Å². The van der Waals surface area contributed by atoms with Gasteiger partial charge in [0.05, 0.1) is 17.2 Å². The van der Waals surface area contributed by atoms with Crippen LogP contribution in [0.25, 0.3) is 0 Å².